The molecule has 29 heavy (non-hydrogen) atoms. The zero-order valence-electron chi connectivity index (χ0n) is 14.7. The predicted octanol–water partition coefficient (Wildman–Crippen LogP) is 3.82. The maximum absolute atomic E-state index is 13.6. The summed E-state index contributed by atoms with van der Waals surface area (Å²) >= 11 is 0. The van der Waals surface area contributed by atoms with E-state index >= 15 is 0 Å². The zero-order chi connectivity index (χ0) is 20.4. The third kappa shape index (κ3) is 4.04. The SMILES string of the molecule is O=C1N[C@H](c2cncc(C#Cc3cncc(F)c3)c2)[C@@H](c2ccc(F)c(F)c2)O1. The minimum absolute atomic E-state index is 0.301. The lowest BCUT2D eigenvalue weighted by Crippen LogP contribution is -2.20. The van der Waals surface area contributed by atoms with Gasteiger partial charge in [-0.05, 0) is 35.4 Å². The highest BCUT2D eigenvalue weighted by Gasteiger charge is 2.37. The lowest BCUT2D eigenvalue weighted by atomic mass is 9.96. The Morgan fingerprint density at radius 1 is 0.862 bits per heavy atom. The number of ether oxygens (including phenoxy) is 1. The number of benzene rings is 1. The molecule has 144 valence electrons. The molecule has 1 N–H and O–H groups in total. The highest BCUT2D eigenvalue weighted by Crippen LogP contribution is 2.37. The van der Waals surface area contributed by atoms with Gasteiger partial charge in [0, 0.05) is 29.7 Å². The molecule has 2 aromatic heterocycles. The molecule has 1 aliphatic heterocycles. The van der Waals surface area contributed by atoms with E-state index in [0.717, 1.165) is 18.3 Å². The number of rotatable bonds is 2. The van der Waals surface area contributed by atoms with Crippen molar-refractivity contribution in [1.29, 1.82) is 0 Å². The van der Waals surface area contributed by atoms with Gasteiger partial charge in [0.05, 0.1) is 6.20 Å². The molecule has 0 saturated carbocycles. The Labute approximate surface area is 163 Å². The van der Waals surface area contributed by atoms with Crippen LogP contribution in [0.25, 0.3) is 0 Å². The van der Waals surface area contributed by atoms with Crippen LogP contribution in [0.4, 0.5) is 18.0 Å². The Hall–Kier alpha value is -3.86. The van der Waals surface area contributed by atoms with E-state index in [1.165, 1.54) is 30.7 Å². The van der Waals surface area contributed by atoms with Gasteiger partial charge in [0.25, 0.3) is 0 Å². The van der Waals surface area contributed by atoms with E-state index in [9.17, 15) is 18.0 Å². The van der Waals surface area contributed by atoms with Gasteiger partial charge in [-0.25, -0.2) is 18.0 Å². The number of carbonyl (C=O) groups excluding carboxylic acids is 1. The van der Waals surface area contributed by atoms with E-state index in [1.807, 2.05) is 0 Å². The molecule has 3 aromatic rings. The van der Waals surface area contributed by atoms with Crippen LogP contribution in [0, 0.1) is 29.3 Å². The Morgan fingerprint density at radius 3 is 2.31 bits per heavy atom. The molecule has 0 aliphatic carbocycles. The molecule has 5 nitrogen and oxygen atoms in total. The molecule has 1 saturated heterocycles. The fourth-order valence-corrected chi connectivity index (χ4v) is 2.95. The Kier molecular flexibility index (Phi) is 4.87. The molecule has 1 aliphatic rings. The second kappa shape index (κ2) is 7.64. The number of cyclic esters (lactones) is 1. The summed E-state index contributed by atoms with van der Waals surface area (Å²) in [5.74, 6) is 3.11. The molecule has 0 radical (unpaired) electrons. The number of hydrogen-bond acceptors (Lipinski definition) is 4. The van der Waals surface area contributed by atoms with Gasteiger partial charge in [-0.15, -0.1) is 0 Å². The summed E-state index contributed by atoms with van der Waals surface area (Å²) in [5, 5.41) is 2.64. The Bertz CT molecular complexity index is 1160. The van der Waals surface area contributed by atoms with Gasteiger partial charge in [0.1, 0.15) is 11.9 Å². The first-order valence-electron chi connectivity index (χ1n) is 8.49. The number of pyridine rings is 2. The van der Waals surface area contributed by atoms with E-state index in [-0.39, 0.29) is 0 Å². The molecule has 1 amide bonds. The second-order valence-corrected chi connectivity index (χ2v) is 6.27. The first-order valence-corrected chi connectivity index (χ1v) is 8.49. The monoisotopic (exact) mass is 395 g/mol. The van der Waals surface area contributed by atoms with E-state index in [4.69, 9.17) is 4.74 Å². The fourth-order valence-electron chi connectivity index (χ4n) is 2.95. The third-order valence-electron chi connectivity index (χ3n) is 4.26. The highest BCUT2D eigenvalue weighted by molar-refractivity contribution is 5.71. The van der Waals surface area contributed by atoms with Crippen LogP contribution in [0.2, 0.25) is 0 Å². The van der Waals surface area contributed by atoms with Crippen LogP contribution in [-0.2, 0) is 4.74 Å². The summed E-state index contributed by atoms with van der Waals surface area (Å²) in [6, 6.07) is 5.57. The first kappa shape index (κ1) is 18.5. The number of hydrogen-bond donors (Lipinski definition) is 1. The summed E-state index contributed by atoms with van der Waals surface area (Å²) in [5.41, 5.74) is 1.77. The molecule has 0 bridgehead atoms. The second-order valence-electron chi connectivity index (χ2n) is 6.27. The quantitative estimate of drug-likeness (QED) is 0.670. The molecular formula is C21H12F3N3O2. The number of carbonyl (C=O) groups is 1. The van der Waals surface area contributed by atoms with Crippen molar-refractivity contribution in [2.24, 2.45) is 0 Å². The number of nitrogens with zero attached hydrogens (tertiary/aromatic N) is 2. The molecule has 2 atom stereocenters. The van der Waals surface area contributed by atoms with Crippen LogP contribution >= 0.6 is 0 Å². The lowest BCUT2D eigenvalue weighted by Gasteiger charge is -2.17. The largest absolute Gasteiger partial charge is 0.439 e. The van der Waals surface area contributed by atoms with Crippen molar-refractivity contribution in [2.45, 2.75) is 12.1 Å². The Balaban J connectivity index is 1.64. The smallest absolute Gasteiger partial charge is 0.408 e. The zero-order valence-corrected chi connectivity index (χ0v) is 14.7. The molecule has 0 unspecified atom stereocenters. The van der Waals surface area contributed by atoms with Crippen LogP contribution in [0.3, 0.4) is 0 Å². The minimum atomic E-state index is -1.04. The van der Waals surface area contributed by atoms with Crippen molar-refractivity contribution in [1.82, 2.24) is 15.3 Å². The normalized spacial score (nSPS) is 17.8. The van der Waals surface area contributed by atoms with Crippen molar-refractivity contribution in [3.8, 4) is 11.8 Å². The lowest BCUT2D eigenvalue weighted by molar-refractivity contribution is 0.132. The van der Waals surface area contributed by atoms with Crippen molar-refractivity contribution < 1.29 is 22.7 Å². The number of nitrogens with one attached hydrogen (secondary N) is 1. The van der Waals surface area contributed by atoms with Gasteiger partial charge < -0.3 is 10.1 Å². The molecule has 1 aromatic carbocycles. The van der Waals surface area contributed by atoms with Gasteiger partial charge in [0.15, 0.2) is 17.7 Å². The van der Waals surface area contributed by atoms with Crippen LogP contribution in [0.15, 0.2) is 55.1 Å². The van der Waals surface area contributed by atoms with Crippen molar-refractivity contribution in [3.05, 3.63) is 94.8 Å². The van der Waals surface area contributed by atoms with E-state index in [2.05, 4.69) is 27.1 Å². The van der Waals surface area contributed by atoms with Crippen molar-refractivity contribution in [2.75, 3.05) is 0 Å². The van der Waals surface area contributed by atoms with Crippen LogP contribution in [0.1, 0.15) is 34.4 Å². The molecular weight excluding hydrogens is 383 g/mol. The van der Waals surface area contributed by atoms with Gasteiger partial charge in [0.2, 0.25) is 0 Å². The summed E-state index contributed by atoms with van der Waals surface area (Å²) < 4.78 is 45.3. The molecule has 3 heterocycles. The predicted molar refractivity (Wildman–Crippen MR) is 95.9 cm³/mol. The van der Waals surface area contributed by atoms with Gasteiger partial charge in [-0.1, -0.05) is 17.9 Å². The summed E-state index contributed by atoms with van der Waals surface area (Å²) in [4.78, 5) is 19.6. The molecule has 8 heteroatoms. The number of halogens is 3. The number of aromatic nitrogens is 2. The van der Waals surface area contributed by atoms with Crippen LogP contribution in [0.5, 0.6) is 0 Å². The average molecular weight is 395 g/mol. The van der Waals surface area contributed by atoms with Crippen LogP contribution < -0.4 is 5.32 Å². The standard InChI is InChI=1S/C21H12F3N3O2/c22-16-6-13(9-26-11-16)2-1-12-5-15(10-25-8-12)19-20(29-21(28)27-19)14-3-4-17(23)18(24)7-14/h3-11,19-20H,(H,27,28)/t19-,20-/m1/s1. The van der Waals surface area contributed by atoms with Crippen molar-refractivity contribution in [3.63, 3.8) is 0 Å². The van der Waals surface area contributed by atoms with Gasteiger partial charge in [-0.3, -0.25) is 9.97 Å². The van der Waals surface area contributed by atoms with E-state index in [1.54, 1.807) is 6.07 Å². The summed E-state index contributed by atoms with van der Waals surface area (Å²) in [7, 11) is 0. The summed E-state index contributed by atoms with van der Waals surface area (Å²) in [6.07, 6.45) is 3.98. The van der Waals surface area contributed by atoms with Crippen LogP contribution in [-0.4, -0.2) is 16.1 Å². The maximum atomic E-state index is 13.6. The average Bonchev–Trinajstić information content (AvgIpc) is 3.11. The first-order chi connectivity index (χ1) is 14.0. The Morgan fingerprint density at radius 2 is 1.59 bits per heavy atom. The maximum Gasteiger partial charge on any atom is 0.408 e. The fraction of sp³-hybridized carbons (Fsp3) is 0.0952. The minimum Gasteiger partial charge on any atom is -0.439 e. The number of alkyl carbamates (subject to hydrolysis) is 1. The van der Waals surface area contributed by atoms with Gasteiger partial charge in [-0.2, -0.15) is 0 Å². The van der Waals surface area contributed by atoms with Crippen molar-refractivity contribution >= 4 is 6.09 Å². The molecule has 4 rings (SSSR count). The van der Waals surface area contributed by atoms with E-state index in [0.29, 0.717) is 22.3 Å². The van der Waals surface area contributed by atoms with E-state index < -0.39 is 35.7 Å². The molecule has 0 spiro atoms. The topological polar surface area (TPSA) is 64.1 Å². The summed E-state index contributed by atoms with van der Waals surface area (Å²) in [6.45, 7) is 0. The number of amides is 1. The van der Waals surface area contributed by atoms with Gasteiger partial charge >= 0.3 is 6.09 Å². The molecule has 1 fully saturated rings. The third-order valence-corrected chi connectivity index (χ3v) is 4.26. The highest BCUT2D eigenvalue weighted by atomic mass is 19.2.